The standard InChI is InChI=1S/C12H19N3O/c1-15(2)9-5-8-14-12(16)10-6-3-4-7-11(10)13/h3-4,6-7H,5,8-9,13H2,1-2H3,(H,14,16). The lowest BCUT2D eigenvalue weighted by Gasteiger charge is -2.10. The van der Waals surface area contributed by atoms with E-state index in [-0.39, 0.29) is 5.91 Å². The zero-order chi connectivity index (χ0) is 12.0. The van der Waals surface area contributed by atoms with E-state index in [4.69, 9.17) is 5.73 Å². The molecule has 4 heteroatoms. The number of carbonyl (C=O) groups is 1. The maximum atomic E-state index is 11.7. The SMILES string of the molecule is CN(C)CCCNC(=O)c1ccccc1N. The molecule has 0 heterocycles. The number of anilines is 1. The van der Waals surface area contributed by atoms with E-state index < -0.39 is 0 Å². The highest BCUT2D eigenvalue weighted by atomic mass is 16.1. The molecule has 0 unspecified atom stereocenters. The van der Waals surface area contributed by atoms with Gasteiger partial charge in [0.1, 0.15) is 0 Å². The first-order valence-corrected chi connectivity index (χ1v) is 5.38. The predicted octanol–water partition coefficient (Wildman–Crippen LogP) is 0.950. The first-order valence-electron chi connectivity index (χ1n) is 5.38. The van der Waals surface area contributed by atoms with Crippen molar-refractivity contribution in [1.82, 2.24) is 10.2 Å². The van der Waals surface area contributed by atoms with Crippen LogP contribution >= 0.6 is 0 Å². The van der Waals surface area contributed by atoms with Crippen LogP contribution in [-0.2, 0) is 0 Å². The highest BCUT2D eigenvalue weighted by Gasteiger charge is 2.07. The highest BCUT2D eigenvalue weighted by molar-refractivity contribution is 5.98. The van der Waals surface area contributed by atoms with Crippen LogP contribution in [0.2, 0.25) is 0 Å². The highest BCUT2D eigenvalue weighted by Crippen LogP contribution is 2.09. The Labute approximate surface area is 96.4 Å². The fraction of sp³-hybridized carbons (Fsp3) is 0.417. The number of nitrogens with two attached hydrogens (primary N) is 1. The van der Waals surface area contributed by atoms with Gasteiger partial charge in [0, 0.05) is 12.2 Å². The molecule has 1 aromatic rings. The molecule has 0 fully saturated rings. The van der Waals surface area contributed by atoms with Gasteiger partial charge in [0.05, 0.1) is 5.56 Å². The molecule has 0 bridgehead atoms. The summed E-state index contributed by atoms with van der Waals surface area (Å²) in [5, 5.41) is 2.85. The van der Waals surface area contributed by atoms with Crippen LogP contribution < -0.4 is 11.1 Å². The quantitative estimate of drug-likeness (QED) is 0.575. The Morgan fingerprint density at radius 2 is 2.06 bits per heavy atom. The van der Waals surface area contributed by atoms with Gasteiger partial charge in [-0.3, -0.25) is 4.79 Å². The largest absolute Gasteiger partial charge is 0.398 e. The van der Waals surface area contributed by atoms with E-state index in [1.165, 1.54) is 0 Å². The van der Waals surface area contributed by atoms with E-state index >= 15 is 0 Å². The second kappa shape index (κ2) is 6.12. The van der Waals surface area contributed by atoms with Gasteiger partial charge < -0.3 is 16.0 Å². The summed E-state index contributed by atoms with van der Waals surface area (Å²) in [6.45, 7) is 1.63. The summed E-state index contributed by atoms with van der Waals surface area (Å²) in [4.78, 5) is 13.8. The van der Waals surface area contributed by atoms with E-state index in [1.807, 2.05) is 26.2 Å². The molecule has 1 amide bonds. The van der Waals surface area contributed by atoms with Gasteiger partial charge in [0.25, 0.3) is 5.91 Å². The van der Waals surface area contributed by atoms with E-state index in [0.717, 1.165) is 13.0 Å². The summed E-state index contributed by atoms with van der Waals surface area (Å²) >= 11 is 0. The third-order valence-corrected chi connectivity index (χ3v) is 2.27. The van der Waals surface area contributed by atoms with E-state index in [1.54, 1.807) is 12.1 Å². The number of hydrogen-bond acceptors (Lipinski definition) is 3. The number of benzene rings is 1. The monoisotopic (exact) mass is 221 g/mol. The smallest absolute Gasteiger partial charge is 0.253 e. The summed E-state index contributed by atoms with van der Waals surface area (Å²) in [7, 11) is 4.02. The Kier molecular flexibility index (Phi) is 4.79. The first kappa shape index (κ1) is 12.5. The molecule has 0 aliphatic rings. The fourth-order valence-corrected chi connectivity index (χ4v) is 1.40. The van der Waals surface area contributed by atoms with E-state index in [9.17, 15) is 4.79 Å². The van der Waals surface area contributed by atoms with Crippen LogP contribution in [0.15, 0.2) is 24.3 Å². The number of para-hydroxylation sites is 1. The van der Waals surface area contributed by atoms with Gasteiger partial charge >= 0.3 is 0 Å². The Morgan fingerprint density at radius 3 is 2.69 bits per heavy atom. The molecule has 1 aromatic carbocycles. The third kappa shape index (κ3) is 3.90. The molecule has 16 heavy (non-hydrogen) atoms. The number of carbonyl (C=O) groups excluding carboxylic acids is 1. The lowest BCUT2D eigenvalue weighted by Crippen LogP contribution is -2.27. The van der Waals surface area contributed by atoms with Crippen molar-refractivity contribution < 1.29 is 4.79 Å². The average molecular weight is 221 g/mol. The molecule has 4 nitrogen and oxygen atoms in total. The van der Waals surface area contributed by atoms with Crippen molar-refractivity contribution >= 4 is 11.6 Å². The lowest BCUT2D eigenvalue weighted by molar-refractivity contribution is 0.0953. The first-order chi connectivity index (χ1) is 7.61. The van der Waals surface area contributed by atoms with Crippen molar-refractivity contribution in [3.8, 4) is 0 Å². The number of nitrogens with zero attached hydrogens (tertiary/aromatic N) is 1. The zero-order valence-electron chi connectivity index (χ0n) is 9.86. The van der Waals surface area contributed by atoms with Crippen molar-refractivity contribution in [2.24, 2.45) is 0 Å². The second-order valence-corrected chi connectivity index (χ2v) is 4.00. The topological polar surface area (TPSA) is 58.4 Å². The normalized spacial score (nSPS) is 10.4. The van der Waals surface area contributed by atoms with Crippen LogP contribution in [0.4, 0.5) is 5.69 Å². The Balaban J connectivity index is 2.39. The van der Waals surface area contributed by atoms with Crippen LogP contribution in [0.5, 0.6) is 0 Å². The van der Waals surface area contributed by atoms with Gasteiger partial charge in [0.2, 0.25) is 0 Å². The van der Waals surface area contributed by atoms with Gasteiger partial charge in [-0.2, -0.15) is 0 Å². The third-order valence-electron chi connectivity index (χ3n) is 2.27. The van der Waals surface area contributed by atoms with Crippen LogP contribution in [0, 0.1) is 0 Å². The van der Waals surface area contributed by atoms with Gasteiger partial charge in [0.15, 0.2) is 0 Å². The zero-order valence-corrected chi connectivity index (χ0v) is 9.86. The predicted molar refractivity (Wildman–Crippen MR) is 66.4 cm³/mol. The van der Waals surface area contributed by atoms with E-state index in [0.29, 0.717) is 17.8 Å². The van der Waals surface area contributed by atoms with Gasteiger partial charge in [-0.25, -0.2) is 0 Å². The van der Waals surface area contributed by atoms with Crippen LogP contribution in [0.25, 0.3) is 0 Å². The molecule has 0 aliphatic heterocycles. The fourth-order valence-electron chi connectivity index (χ4n) is 1.40. The molecule has 0 aromatic heterocycles. The summed E-state index contributed by atoms with van der Waals surface area (Å²) in [6, 6.07) is 7.09. The van der Waals surface area contributed by atoms with Gasteiger partial charge in [-0.05, 0) is 39.2 Å². The lowest BCUT2D eigenvalue weighted by atomic mass is 10.1. The molecule has 1 rings (SSSR count). The molecule has 0 radical (unpaired) electrons. The molecule has 0 saturated heterocycles. The van der Waals surface area contributed by atoms with E-state index in [2.05, 4.69) is 10.2 Å². The van der Waals surface area contributed by atoms with Gasteiger partial charge in [-0.15, -0.1) is 0 Å². The molecular weight excluding hydrogens is 202 g/mol. The second-order valence-electron chi connectivity index (χ2n) is 4.00. The molecule has 0 aliphatic carbocycles. The van der Waals surface area contributed by atoms with Crippen molar-refractivity contribution in [2.75, 3.05) is 32.9 Å². The molecule has 88 valence electrons. The summed E-state index contributed by atoms with van der Waals surface area (Å²) < 4.78 is 0. The maximum absolute atomic E-state index is 11.7. The van der Waals surface area contributed by atoms with Crippen molar-refractivity contribution in [1.29, 1.82) is 0 Å². The molecule has 0 spiro atoms. The summed E-state index contributed by atoms with van der Waals surface area (Å²) in [5.74, 6) is -0.100. The number of amides is 1. The number of nitrogens with one attached hydrogen (secondary N) is 1. The van der Waals surface area contributed by atoms with Crippen molar-refractivity contribution in [2.45, 2.75) is 6.42 Å². The minimum Gasteiger partial charge on any atom is -0.398 e. The molecule has 0 saturated carbocycles. The summed E-state index contributed by atoms with van der Waals surface area (Å²) in [5.41, 5.74) is 6.77. The minimum absolute atomic E-state index is 0.100. The van der Waals surface area contributed by atoms with Crippen LogP contribution in [0.3, 0.4) is 0 Å². The number of hydrogen-bond donors (Lipinski definition) is 2. The van der Waals surface area contributed by atoms with Crippen molar-refractivity contribution in [3.05, 3.63) is 29.8 Å². The molecular formula is C12H19N3O. The minimum atomic E-state index is -0.100. The number of rotatable bonds is 5. The molecule has 3 N–H and O–H groups in total. The summed E-state index contributed by atoms with van der Waals surface area (Å²) in [6.07, 6.45) is 0.936. The van der Waals surface area contributed by atoms with Gasteiger partial charge in [-0.1, -0.05) is 12.1 Å². The van der Waals surface area contributed by atoms with Crippen molar-refractivity contribution in [3.63, 3.8) is 0 Å². The molecule has 0 atom stereocenters. The maximum Gasteiger partial charge on any atom is 0.253 e. The average Bonchev–Trinajstić information content (AvgIpc) is 2.24. The van der Waals surface area contributed by atoms with Crippen LogP contribution in [0.1, 0.15) is 16.8 Å². The number of nitrogen functional groups attached to an aromatic ring is 1. The Morgan fingerprint density at radius 1 is 1.38 bits per heavy atom. The Hall–Kier alpha value is -1.55. The van der Waals surface area contributed by atoms with Crippen LogP contribution in [-0.4, -0.2) is 38.0 Å². The Bertz CT molecular complexity index is 350.